The average molecular weight is 491 g/mol. The summed E-state index contributed by atoms with van der Waals surface area (Å²) in [7, 11) is 0. The molecule has 0 aromatic heterocycles. The molecule has 0 radical (unpaired) electrons. The average Bonchev–Trinajstić information content (AvgIpc) is 2.51. The summed E-state index contributed by atoms with van der Waals surface area (Å²) >= 11 is 7.51. The molecule has 0 heterocycles. The molecule has 0 atom stereocenters. The van der Waals surface area contributed by atoms with Crippen LogP contribution in [0.1, 0.15) is 5.56 Å². The van der Waals surface area contributed by atoms with Gasteiger partial charge in [-0.15, -0.1) is 11.6 Å². The molecule has 0 unspecified atom stereocenters. The lowest BCUT2D eigenvalue weighted by Gasteiger charge is -2.13. The number of alkyl halides is 4. The summed E-state index contributed by atoms with van der Waals surface area (Å²) in [4.78, 5) is 3.96. The summed E-state index contributed by atoms with van der Waals surface area (Å²) in [5.74, 6) is -4.12. The molecule has 2 N–H and O–H groups in total. The highest BCUT2D eigenvalue weighted by atomic mass is 127. The van der Waals surface area contributed by atoms with Crippen LogP contribution in [0.3, 0.4) is 0 Å². The van der Waals surface area contributed by atoms with Crippen molar-refractivity contribution in [2.75, 3.05) is 5.88 Å². The van der Waals surface area contributed by atoms with E-state index in [1.165, 1.54) is 12.1 Å². The van der Waals surface area contributed by atoms with Crippen LogP contribution in [-0.2, 0) is 6.18 Å². The van der Waals surface area contributed by atoms with Gasteiger partial charge in [-0.05, 0) is 52.9 Å². The summed E-state index contributed by atoms with van der Waals surface area (Å²) < 4.78 is 71.4. The van der Waals surface area contributed by atoms with Gasteiger partial charge < -0.3 is 10.5 Å². The largest absolute Gasteiger partial charge is 0.449 e. The molecule has 3 nitrogen and oxygen atoms in total. The summed E-state index contributed by atoms with van der Waals surface area (Å²) in [5.41, 5.74) is 4.20. The Balaban J connectivity index is 2.47. The molecule has 0 fully saturated rings. The maximum absolute atomic E-state index is 13.9. The van der Waals surface area contributed by atoms with Crippen molar-refractivity contribution in [2.45, 2.75) is 6.18 Å². The predicted octanol–water partition coefficient (Wildman–Crippen LogP) is 5.61. The van der Waals surface area contributed by atoms with E-state index in [-0.39, 0.29) is 35.3 Å². The van der Waals surface area contributed by atoms with Gasteiger partial charge in [-0.1, -0.05) is 0 Å². The first-order valence-electron chi connectivity index (χ1n) is 6.54. The van der Waals surface area contributed by atoms with Gasteiger partial charge in [-0.2, -0.15) is 13.2 Å². The fourth-order valence-corrected chi connectivity index (χ4v) is 2.31. The minimum Gasteiger partial charge on any atom is -0.449 e. The fourth-order valence-electron chi connectivity index (χ4n) is 1.78. The maximum Gasteiger partial charge on any atom is 0.416 e. The van der Waals surface area contributed by atoms with Crippen LogP contribution in [0.4, 0.5) is 27.6 Å². The first-order valence-corrected chi connectivity index (χ1v) is 8.15. The number of nitrogens with two attached hydrogens (primary N) is 1. The highest BCUT2D eigenvalue weighted by Crippen LogP contribution is 2.38. The van der Waals surface area contributed by atoms with Crippen LogP contribution in [0.15, 0.2) is 35.3 Å². The van der Waals surface area contributed by atoms with Gasteiger partial charge >= 0.3 is 6.18 Å². The molecule has 2 rings (SSSR count). The number of halogens is 7. The van der Waals surface area contributed by atoms with Gasteiger partial charge in [-0.25, -0.2) is 13.8 Å². The topological polar surface area (TPSA) is 47.6 Å². The lowest BCUT2D eigenvalue weighted by atomic mass is 10.2. The molecule has 0 bridgehead atoms. The monoisotopic (exact) mass is 490 g/mol. The summed E-state index contributed by atoms with van der Waals surface area (Å²) in [6.45, 7) is 0. The molecule has 0 spiro atoms. The molecule has 0 saturated carbocycles. The van der Waals surface area contributed by atoms with Gasteiger partial charge in [-0.3, -0.25) is 0 Å². The van der Waals surface area contributed by atoms with Gasteiger partial charge in [0.15, 0.2) is 23.1 Å². The number of hydrogen-bond acceptors (Lipinski definition) is 2. The Kier molecular flexibility index (Phi) is 6.09. The second-order valence-corrected chi connectivity index (χ2v) is 6.23. The quantitative estimate of drug-likeness (QED) is 0.199. The van der Waals surface area contributed by atoms with E-state index in [2.05, 4.69) is 4.99 Å². The third kappa shape index (κ3) is 4.94. The van der Waals surface area contributed by atoms with Gasteiger partial charge in [0.2, 0.25) is 0 Å². The van der Waals surface area contributed by atoms with E-state index in [0.29, 0.717) is 0 Å². The van der Waals surface area contributed by atoms with Crippen molar-refractivity contribution < 1.29 is 26.7 Å². The normalized spacial score (nSPS) is 12.4. The van der Waals surface area contributed by atoms with E-state index in [1.807, 2.05) is 22.6 Å². The van der Waals surface area contributed by atoms with Crippen LogP contribution < -0.4 is 10.5 Å². The number of aliphatic imine (C=N–C) groups is 1. The minimum absolute atomic E-state index is 0.0295. The number of rotatable bonds is 4. The Hall–Kier alpha value is -1.62. The van der Waals surface area contributed by atoms with Crippen molar-refractivity contribution >= 4 is 45.7 Å². The van der Waals surface area contributed by atoms with E-state index in [1.54, 1.807) is 6.07 Å². The molecule has 134 valence electrons. The lowest BCUT2D eigenvalue weighted by molar-refractivity contribution is -0.138. The van der Waals surface area contributed by atoms with E-state index in [0.717, 1.165) is 3.57 Å². The van der Waals surface area contributed by atoms with Gasteiger partial charge in [0, 0.05) is 3.57 Å². The SMILES string of the molecule is NC(CCl)=Nc1cc(I)ccc1Oc1c(F)cc(C(F)(F)F)cc1F. The Morgan fingerprint density at radius 1 is 1.16 bits per heavy atom. The fraction of sp³-hybridized carbons (Fsp3) is 0.133. The number of amidine groups is 1. The minimum atomic E-state index is -4.88. The van der Waals surface area contributed by atoms with Crippen molar-refractivity contribution in [3.63, 3.8) is 0 Å². The number of hydrogen-bond donors (Lipinski definition) is 1. The first-order chi connectivity index (χ1) is 11.6. The molecule has 25 heavy (non-hydrogen) atoms. The smallest absolute Gasteiger partial charge is 0.416 e. The highest BCUT2D eigenvalue weighted by Gasteiger charge is 2.33. The van der Waals surface area contributed by atoms with E-state index < -0.39 is 29.1 Å². The predicted molar refractivity (Wildman–Crippen MR) is 92.6 cm³/mol. The Labute approximate surface area is 157 Å². The second kappa shape index (κ2) is 7.73. The zero-order chi connectivity index (χ0) is 18.8. The Morgan fingerprint density at radius 2 is 1.76 bits per heavy atom. The number of benzene rings is 2. The zero-order valence-corrected chi connectivity index (χ0v) is 15.1. The van der Waals surface area contributed by atoms with Crippen molar-refractivity contribution in [1.82, 2.24) is 0 Å². The molecule has 0 aliphatic carbocycles. The van der Waals surface area contributed by atoms with E-state index in [4.69, 9.17) is 22.1 Å². The van der Waals surface area contributed by atoms with Crippen molar-refractivity contribution in [2.24, 2.45) is 10.7 Å². The van der Waals surface area contributed by atoms with Crippen LogP contribution >= 0.6 is 34.2 Å². The molecule has 0 saturated heterocycles. The van der Waals surface area contributed by atoms with Crippen molar-refractivity contribution in [3.05, 3.63) is 51.1 Å². The van der Waals surface area contributed by atoms with Crippen LogP contribution in [0.2, 0.25) is 0 Å². The third-order valence-electron chi connectivity index (χ3n) is 2.86. The number of ether oxygens (including phenoxy) is 1. The molecule has 0 amide bonds. The maximum atomic E-state index is 13.9. The summed E-state index contributed by atoms with van der Waals surface area (Å²) in [6, 6.07) is 4.74. The molecule has 0 aliphatic rings. The first kappa shape index (κ1) is 19.7. The van der Waals surface area contributed by atoms with Gasteiger partial charge in [0.1, 0.15) is 11.5 Å². The zero-order valence-electron chi connectivity index (χ0n) is 12.2. The lowest BCUT2D eigenvalue weighted by Crippen LogP contribution is -2.12. The van der Waals surface area contributed by atoms with E-state index >= 15 is 0 Å². The summed E-state index contributed by atoms with van der Waals surface area (Å²) in [5, 5.41) is 0. The van der Waals surface area contributed by atoms with E-state index in [9.17, 15) is 22.0 Å². The van der Waals surface area contributed by atoms with Crippen LogP contribution in [0.25, 0.3) is 0 Å². The summed E-state index contributed by atoms with van der Waals surface area (Å²) in [6.07, 6.45) is -4.88. The Bertz CT molecular complexity index is 803. The molecular weight excluding hydrogens is 482 g/mol. The van der Waals surface area contributed by atoms with Crippen LogP contribution in [0, 0.1) is 15.2 Å². The third-order valence-corrected chi connectivity index (χ3v) is 3.80. The second-order valence-electron chi connectivity index (χ2n) is 4.72. The molecule has 2 aromatic carbocycles. The molecule has 0 aliphatic heterocycles. The molecule has 2 aromatic rings. The van der Waals surface area contributed by atoms with Gasteiger partial charge in [0.05, 0.1) is 11.4 Å². The Morgan fingerprint density at radius 3 is 2.28 bits per heavy atom. The standard InChI is InChI=1S/C15H9ClF5IN2O/c16-6-13(23)24-11-5-8(22)1-2-12(11)25-14-9(17)3-7(4-10(14)18)15(19,20)21/h1-5H,6H2,(H2,23,24). The number of nitrogens with zero attached hydrogens (tertiary/aromatic N) is 1. The van der Waals surface area contributed by atoms with Gasteiger partial charge in [0.25, 0.3) is 0 Å². The highest BCUT2D eigenvalue weighted by molar-refractivity contribution is 14.1. The van der Waals surface area contributed by atoms with Crippen LogP contribution in [-0.4, -0.2) is 11.7 Å². The van der Waals surface area contributed by atoms with Crippen LogP contribution in [0.5, 0.6) is 11.5 Å². The molecular formula is C15H9ClF5IN2O. The van der Waals surface area contributed by atoms with Crippen molar-refractivity contribution in [3.8, 4) is 11.5 Å². The van der Waals surface area contributed by atoms with Crippen molar-refractivity contribution in [1.29, 1.82) is 0 Å². The molecule has 10 heteroatoms.